The minimum atomic E-state index is -0.586. The number of carbonyl (C=O) groups excluding carboxylic acids is 2. The molecule has 9 heteroatoms. The molecule has 3 aromatic rings. The third-order valence-electron chi connectivity index (χ3n) is 3.72. The van der Waals surface area contributed by atoms with Crippen molar-refractivity contribution in [3.8, 4) is 11.8 Å². The molecule has 2 heterocycles. The number of amides is 1. The Labute approximate surface area is 164 Å². The molecule has 2 aromatic heterocycles. The monoisotopic (exact) mass is 402 g/mol. The van der Waals surface area contributed by atoms with E-state index >= 15 is 0 Å². The molecular weight excluding hydrogens is 388 g/mol. The van der Waals surface area contributed by atoms with Crippen molar-refractivity contribution in [3.05, 3.63) is 45.9 Å². The summed E-state index contributed by atoms with van der Waals surface area (Å²) in [6.45, 7) is 1.68. The van der Waals surface area contributed by atoms with Gasteiger partial charge < -0.3 is 10.1 Å². The van der Waals surface area contributed by atoms with Gasteiger partial charge in [0.2, 0.25) is 0 Å². The van der Waals surface area contributed by atoms with Crippen molar-refractivity contribution >= 4 is 45.0 Å². The van der Waals surface area contributed by atoms with Gasteiger partial charge in [-0.2, -0.15) is 10.4 Å². The maximum Gasteiger partial charge on any atom is 0.348 e. The Bertz CT molecular complexity index is 1050. The summed E-state index contributed by atoms with van der Waals surface area (Å²) >= 11 is 7.48. The lowest BCUT2D eigenvalue weighted by Gasteiger charge is -2.05. The van der Waals surface area contributed by atoms with Crippen molar-refractivity contribution in [1.82, 2.24) is 15.1 Å². The molecule has 7 nitrogen and oxygen atoms in total. The quantitative estimate of drug-likeness (QED) is 0.504. The molecule has 1 N–H and O–H groups in total. The number of benzene rings is 1. The van der Waals surface area contributed by atoms with Crippen LogP contribution in [0.3, 0.4) is 0 Å². The molecule has 27 heavy (non-hydrogen) atoms. The summed E-state index contributed by atoms with van der Waals surface area (Å²) in [6.07, 6.45) is 0.202. The van der Waals surface area contributed by atoms with Gasteiger partial charge in [0.1, 0.15) is 9.71 Å². The second-order valence-electron chi connectivity index (χ2n) is 5.61. The molecule has 138 valence electrons. The van der Waals surface area contributed by atoms with Gasteiger partial charge in [-0.15, -0.1) is 11.3 Å². The average Bonchev–Trinajstić information content (AvgIpc) is 3.21. The molecule has 0 aliphatic carbocycles. The minimum Gasteiger partial charge on any atom is -0.451 e. The number of nitrogens with zero attached hydrogens (tertiary/aromatic N) is 3. The zero-order chi connectivity index (χ0) is 19.4. The number of hydrogen-bond acceptors (Lipinski definition) is 6. The van der Waals surface area contributed by atoms with Crippen LogP contribution in [-0.2, 0) is 9.53 Å². The lowest BCUT2D eigenvalue weighted by molar-refractivity contribution is -0.124. The van der Waals surface area contributed by atoms with Crippen molar-refractivity contribution in [1.29, 1.82) is 5.26 Å². The van der Waals surface area contributed by atoms with E-state index in [1.54, 1.807) is 16.8 Å². The fraction of sp³-hybridized carbons (Fsp3) is 0.222. The van der Waals surface area contributed by atoms with E-state index in [1.165, 1.54) is 11.3 Å². The predicted molar refractivity (Wildman–Crippen MR) is 102 cm³/mol. The SMILES string of the molecule is Cc1nn(-c2ccccc2Cl)c2sc(C(=O)OCC(=O)NCCC#N)cc12. The molecule has 0 fully saturated rings. The molecule has 0 bridgehead atoms. The van der Waals surface area contributed by atoms with Gasteiger partial charge in [0.05, 0.1) is 28.9 Å². The molecule has 0 saturated heterocycles. The highest BCUT2D eigenvalue weighted by atomic mass is 35.5. The molecule has 0 aliphatic rings. The summed E-state index contributed by atoms with van der Waals surface area (Å²) in [4.78, 5) is 25.0. The fourth-order valence-corrected chi connectivity index (χ4v) is 3.73. The number of aromatic nitrogens is 2. The lowest BCUT2D eigenvalue weighted by atomic mass is 10.3. The highest BCUT2D eigenvalue weighted by molar-refractivity contribution is 7.20. The molecule has 0 unspecified atom stereocenters. The zero-order valence-corrected chi connectivity index (χ0v) is 15.9. The molecule has 1 aromatic carbocycles. The summed E-state index contributed by atoms with van der Waals surface area (Å²) in [5.41, 5.74) is 1.48. The number of fused-ring (bicyclic) bond motifs is 1. The topological polar surface area (TPSA) is 97.0 Å². The van der Waals surface area contributed by atoms with Gasteiger partial charge in [-0.1, -0.05) is 23.7 Å². The van der Waals surface area contributed by atoms with Crippen molar-refractivity contribution in [3.63, 3.8) is 0 Å². The van der Waals surface area contributed by atoms with Gasteiger partial charge in [0.15, 0.2) is 6.61 Å². The highest BCUT2D eigenvalue weighted by Gasteiger charge is 2.19. The van der Waals surface area contributed by atoms with E-state index < -0.39 is 18.5 Å². The number of carbonyl (C=O) groups is 2. The molecule has 3 rings (SSSR count). The molecule has 0 radical (unpaired) electrons. The lowest BCUT2D eigenvalue weighted by Crippen LogP contribution is -2.29. The first-order valence-electron chi connectivity index (χ1n) is 8.06. The van der Waals surface area contributed by atoms with Gasteiger partial charge in [-0.3, -0.25) is 4.79 Å². The second kappa shape index (κ2) is 8.20. The molecule has 0 atom stereocenters. The van der Waals surface area contributed by atoms with Crippen molar-refractivity contribution < 1.29 is 14.3 Å². The standard InChI is InChI=1S/C18H15ClN4O3S/c1-11-12-9-15(18(25)26-10-16(24)21-8-4-7-20)27-17(12)23(22-11)14-6-3-2-5-13(14)19/h2-3,5-6,9H,4,8,10H2,1H3,(H,21,24). The Morgan fingerprint density at radius 3 is 2.93 bits per heavy atom. The Morgan fingerprint density at radius 1 is 1.41 bits per heavy atom. The average molecular weight is 403 g/mol. The number of aryl methyl sites for hydroxylation is 1. The van der Waals surface area contributed by atoms with Crippen LogP contribution in [0.2, 0.25) is 5.02 Å². The Kier molecular flexibility index (Phi) is 5.74. The van der Waals surface area contributed by atoms with Crippen molar-refractivity contribution in [2.24, 2.45) is 0 Å². The van der Waals surface area contributed by atoms with Crippen LogP contribution in [0.15, 0.2) is 30.3 Å². The number of ether oxygens (including phenoxy) is 1. The van der Waals surface area contributed by atoms with E-state index in [1.807, 2.05) is 31.2 Å². The maximum atomic E-state index is 12.3. The van der Waals surface area contributed by atoms with Crippen LogP contribution >= 0.6 is 22.9 Å². The molecule has 0 saturated carbocycles. The summed E-state index contributed by atoms with van der Waals surface area (Å²) < 4.78 is 6.75. The first kappa shape index (κ1) is 18.9. The number of hydrogen-bond donors (Lipinski definition) is 1. The largest absolute Gasteiger partial charge is 0.451 e. The van der Waals surface area contributed by atoms with Crippen molar-refractivity contribution in [2.75, 3.05) is 13.2 Å². The van der Waals surface area contributed by atoms with E-state index in [0.29, 0.717) is 9.90 Å². The van der Waals surface area contributed by atoms with Gasteiger partial charge >= 0.3 is 5.97 Å². The summed E-state index contributed by atoms with van der Waals surface area (Å²) in [6, 6.07) is 10.9. The molecular formula is C18H15ClN4O3S. The first-order valence-corrected chi connectivity index (χ1v) is 9.25. The van der Waals surface area contributed by atoms with Crippen molar-refractivity contribution in [2.45, 2.75) is 13.3 Å². The van der Waals surface area contributed by atoms with E-state index in [2.05, 4.69) is 10.4 Å². The predicted octanol–water partition coefficient (Wildman–Crippen LogP) is 3.24. The third-order valence-corrected chi connectivity index (χ3v) is 5.13. The smallest absolute Gasteiger partial charge is 0.348 e. The normalized spacial score (nSPS) is 10.6. The van der Waals surface area contributed by atoms with Crippen LogP contribution in [0.1, 0.15) is 21.8 Å². The Morgan fingerprint density at radius 2 is 2.19 bits per heavy atom. The van der Waals surface area contributed by atoms with Crippen LogP contribution < -0.4 is 5.32 Å². The highest BCUT2D eigenvalue weighted by Crippen LogP contribution is 2.32. The van der Waals surface area contributed by atoms with Crippen LogP contribution in [-0.4, -0.2) is 34.8 Å². The van der Waals surface area contributed by atoms with Gasteiger partial charge in [-0.25, -0.2) is 9.48 Å². The Balaban J connectivity index is 1.78. The summed E-state index contributed by atoms with van der Waals surface area (Å²) in [5.74, 6) is -1.03. The first-order chi connectivity index (χ1) is 13.0. The number of nitrogens with one attached hydrogen (secondary N) is 1. The number of para-hydroxylation sites is 1. The Hall–Kier alpha value is -2.89. The van der Waals surface area contributed by atoms with E-state index in [-0.39, 0.29) is 13.0 Å². The van der Waals surface area contributed by atoms with Crippen LogP contribution in [0, 0.1) is 18.3 Å². The molecule has 1 amide bonds. The van der Waals surface area contributed by atoms with E-state index in [0.717, 1.165) is 21.6 Å². The number of esters is 1. The van der Waals surface area contributed by atoms with Crippen LogP contribution in [0.25, 0.3) is 15.9 Å². The minimum absolute atomic E-state index is 0.202. The number of nitriles is 1. The second-order valence-corrected chi connectivity index (χ2v) is 7.05. The van der Waals surface area contributed by atoms with Gasteiger partial charge in [0, 0.05) is 11.9 Å². The maximum absolute atomic E-state index is 12.3. The van der Waals surface area contributed by atoms with Crippen LogP contribution in [0.5, 0.6) is 0 Å². The third kappa shape index (κ3) is 4.10. The van der Waals surface area contributed by atoms with E-state index in [4.69, 9.17) is 21.6 Å². The number of halogens is 1. The summed E-state index contributed by atoms with van der Waals surface area (Å²) in [7, 11) is 0. The number of rotatable bonds is 6. The van der Waals surface area contributed by atoms with Crippen LogP contribution in [0.4, 0.5) is 0 Å². The summed E-state index contributed by atoms with van der Waals surface area (Å²) in [5, 5.41) is 16.8. The number of thiophene rings is 1. The van der Waals surface area contributed by atoms with E-state index in [9.17, 15) is 9.59 Å². The fourth-order valence-electron chi connectivity index (χ4n) is 2.45. The molecule has 0 spiro atoms. The van der Waals surface area contributed by atoms with Gasteiger partial charge in [0.25, 0.3) is 5.91 Å². The zero-order valence-electron chi connectivity index (χ0n) is 14.4. The van der Waals surface area contributed by atoms with Gasteiger partial charge in [-0.05, 0) is 25.1 Å². The molecule has 0 aliphatic heterocycles.